The molecule has 0 bridgehead atoms. The molecule has 5 heteroatoms. The summed E-state index contributed by atoms with van der Waals surface area (Å²) in [4.78, 5) is 0. The van der Waals surface area contributed by atoms with Crippen LogP contribution in [0.3, 0.4) is 0 Å². The van der Waals surface area contributed by atoms with Crippen molar-refractivity contribution in [3.8, 4) is 5.75 Å². The van der Waals surface area contributed by atoms with Crippen LogP contribution in [0.5, 0.6) is 5.75 Å². The molecule has 1 rings (SSSR count). The fourth-order valence-corrected chi connectivity index (χ4v) is 1.66. The molecule has 0 saturated carbocycles. The van der Waals surface area contributed by atoms with Gasteiger partial charge in [0.1, 0.15) is 12.4 Å². The third-order valence-corrected chi connectivity index (χ3v) is 2.61. The lowest BCUT2D eigenvalue weighted by Crippen LogP contribution is -2.31. The number of rotatable bonds is 6. The Morgan fingerprint density at radius 1 is 1.21 bits per heavy atom. The first kappa shape index (κ1) is 15.8. The third kappa shape index (κ3) is 6.47. The molecule has 0 aromatic heterocycles. The van der Waals surface area contributed by atoms with Gasteiger partial charge in [0.2, 0.25) is 0 Å². The Labute approximate surface area is 112 Å². The van der Waals surface area contributed by atoms with Gasteiger partial charge in [0.15, 0.2) is 0 Å². The monoisotopic (exact) mass is 275 g/mol. The second-order valence-corrected chi connectivity index (χ2v) is 4.87. The molecule has 2 nitrogen and oxygen atoms in total. The van der Waals surface area contributed by atoms with Crippen LogP contribution >= 0.6 is 0 Å². The molecule has 0 aliphatic rings. The standard InChI is InChI=1S/C14H20F3NO/c1-10(2)12-6-11(3)7-13(8-12)19-5-4-18-9-14(15,16)17/h6-8,10,18H,4-5,9H2,1-3H3. The Morgan fingerprint density at radius 2 is 1.89 bits per heavy atom. The molecule has 0 fully saturated rings. The summed E-state index contributed by atoms with van der Waals surface area (Å²) in [5.74, 6) is 1.10. The molecule has 1 N–H and O–H groups in total. The molecule has 0 aliphatic carbocycles. The van der Waals surface area contributed by atoms with Crippen LogP contribution in [0.2, 0.25) is 0 Å². The van der Waals surface area contributed by atoms with Crippen molar-refractivity contribution < 1.29 is 17.9 Å². The van der Waals surface area contributed by atoms with Crippen molar-refractivity contribution in [2.75, 3.05) is 19.7 Å². The fraction of sp³-hybridized carbons (Fsp3) is 0.571. The van der Waals surface area contributed by atoms with E-state index in [1.165, 1.54) is 5.56 Å². The predicted molar refractivity (Wildman–Crippen MR) is 69.7 cm³/mol. The quantitative estimate of drug-likeness (QED) is 0.800. The van der Waals surface area contributed by atoms with Crippen molar-refractivity contribution in [3.05, 3.63) is 29.3 Å². The predicted octanol–water partition coefficient (Wildman–Crippen LogP) is 3.65. The number of nitrogens with one attached hydrogen (secondary N) is 1. The van der Waals surface area contributed by atoms with E-state index < -0.39 is 12.7 Å². The molecule has 108 valence electrons. The molecule has 19 heavy (non-hydrogen) atoms. The Balaban J connectivity index is 2.41. The minimum Gasteiger partial charge on any atom is -0.492 e. The molecule has 0 saturated heterocycles. The van der Waals surface area contributed by atoms with Crippen LogP contribution in [0.1, 0.15) is 30.9 Å². The van der Waals surface area contributed by atoms with E-state index in [1.807, 2.05) is 19.1 Å². The molecule has 0 heterocycles. The van der Waals surface area contributed by atoms with Crippen molar-refractivity contribution in [2.45, 2.75) is 32.9 Å². The van der Waals surface area contributed by atoms with Crippen LogP contribution in [0.4, 0.5) is 13.2 Å². The van der Waals surface area contributed by atoms with Gasteiger partial charge in [-0.2, -0.15) is 13.2 Å². The van der Waals surface area contributed by atoms with E-state index in [-0.39, 0.29) is 13.2 Å². The average Bonchev–Trinajstić information content (AvgIpc) is 2.26. The fourth-order valence-electron chi connectivity index (χ4n) is 1.66. The second kappa shape index (κ2) is 6.80. The maximum atomic E-state index is 11.9. The van der Waals surface area contributed by atoms with Crippen LogP contribution in [0.15, 0.2) is 18.2 Å². The summed E-state index contributed by atoms with van der Waals surface area (Å²) in [5, 5.41) is 2.30. The highest BCUT2D eigenvalue weighted by atomic mass is 19.4. The summed E-state index contributed by atoms with van der Waals surface area (Å²) in [5.41, 5.74) is 2.25. The molecule has 0 unspecified atom stereocenters. The summed E-state index contributed by atoms with van der Waals surface area (Å²) < 4.78 is 41.2. The number of hydrogen-bond acceptors (Lipinski definition) is 2. The highest BCUT2D eigenvalue weighted by molar-refractivity contribution is 5.35. The topological polar surface area (TPSA) is 21.3 Å². The zero-order valence-electron chi connectivity index (χ0n) is 11.5. The molecule has 0 amide bonds. The van der Waals surface area contributed by atoms with Crippen molar-refractivity contribution in [2.24, 2.45) is 0 Å². The van der Waals surface area contributed by atoms with Gasteiger partial charge in [0.25, 0.3) is 0 Å². The highest BCUT2D eigenvalue weighted by Gasteiger charge is 2.25. The van der Waals surface area contributed by atoms with Gasteiger partial charge in [-0.1, -0.05) is 19.9 Å². The molecule has 0 spiro atoms. The zero-order chi connectivity index (χ0) is 14.5. The average molecular weight is 275 g/mol. The molecule has 0 radical (unpaired) electrons. The van der Waals surface area contributed by atoms with Gasteiger partial charge in [-0.05, 0) is 36.1 Å². The molecular formula is C14H20F3NO. The van der Waals surface area contributed by atoms with Gasteiger partial charge in [-0.15, -0.1) is 0 Å². The minimum atomic E-state index is -4.17. The van der Waals surface area contributed by atoms with Gasteiger partial charge in [0, 0.05) is 6.54 Å². The van der Waals surface area contributed by atoms with E-state index in [0.717, 1.165) is 5.56 Å². The van der Waals surface area contributed by atoms with Crippen molar-refractivity contribution in [3.63, 3.8) is 0 Å². The van der Waals surface area contributed by atoms with Crippen molar-refractivity contribution in [1.29, 1.82) is 0 Å². The summed E-state index contributed by atoms with van der Waals surface area (Å²) in [6, 6.07) is 5.90. The number of hydrogen-bond donors (Lipinski definition) is 1. The Morgan fingerprint density at radius 3 is 2.47 bits per heavy atom. The highest BCUT2D eigenvalue weighted by Crippen LogP contribution is 2.22. The van der Waals surface area contributed by atoms with E-state index >= 15 is 0 Å². The van der Waals surface area contributed by atoms with E-state index in [0.29, 0.717) is 11.7 Å². The summed E-state index contributed by atoms with van der Waals surface area (Å²) >= 11 is 0. The number of ether oxygens (including phenoxy) is 1. The van der Waals surface area contributed by atoms with Gasteiger partial charge >= 0.3 is 6.18 Å². The Kier molecular flexibility index (Phi) is 5.66. The van der Waals surface area contributed by atoms with Crippen molar-refractivity contribution >= 4 is 0 Å². The summed E-state index contributed by atoms with van der Waals surface area (Å²) in [6.07, 6.45) is -4.17. The number of alkyl halides is 3. The molecule has 1 aromatic rings. The normalized spacial score (nSPS) is 11.9. The lowest BCUT2D eigenvalue weighted by molar-refractivity contribution is -0.124. The largest absolute Gasteiger partial charge is 0.492 e. The molecule has 0 atom stereocenters. The minimum absolute atomic E-state index is 0.171. The lowest BCUT2D eigenvalue weighted by Gasteiger charge is -2.12. The van der Waals surface area contributed by atoms with E-state index in [1.54, 1.807) is 0 Å². The molecular weight excluding hydrogens is 255 g/mol. The van der Waals surface area contributed by atoms with Crippen molar-refractivity contribution in [1.82, 2.24) is 5.32 Å². The van der Waals surface area contributed by atoms with Crippen LogP contribution in [0, 0.1) is 6.92 Å². The third-order valence-electron chi connectivity index (χ3n) is 2.61. The maximum Gasteiger partial charge on any atom is 0.401 e. The van der Waals surface area contributed by atoms with Crippen LogP contribution < -0.4 is 10.1 Å². The Hall–Kier alpha value is -1.23. The first-order valence-corrected chi connectivity index (χ1v) is 6.30. The van der Waals surface area contributed by atoms with Crippen LogP contribution in [-0.4, -0.2) is 25.9 Å². The van der Waals surface area contributed by atoms with E-state index in [4.69, 9.17) is 4.74 Å². The number of benzene rings is 1. The SMILES string of the molecule is Cc1cc(OCCNCC(F)(F)F)cc(C(C)C)c1. The number of aryl methyl sites for hydroxylation is 1. The summed E-state index contributed by atoms with van der Waals surface area (Å²) in [7, 11) is 0. The lowest BCUT2D eigenvalue weighted by atomic mass is 10.0. The maximum absolute atomic E-state index is 11.9. The summed E-state index contributed by atoms with van der Waals surface area (Å²) in [6.45, 7) is 5.55. The number of halogens is 3. The van der Waals surface area contributed by atoms with Gasteiger partial charge < -0.3 is 10.1 Å². The van der Waals surface area contributed by atoms with Gasteiger partial charge in [0.05, 0.1) is 6.54 Å². The van der Waals surface area contributed by atoms with Crippen LogP contribution in [-0.2, 0) is 0 Å². The van der Waals surface area contributed by atoms with Gasteiger partial charge in [-0.3, -0.25) is 0 Å². The zero-order valence-corrected chi connectivity index (χ0v) is 11.5. The smallest absolute Gasteiger partial charge is 0.401 e. The molecule has 0 aliphatic heterocycles. The molecule has 1 aromatic carbocycles. The first-order chi connectivity index (χ1) is 8.78. The Bertz CT molecular complexity index is 402. The van der Waals surface area contributed by atoms with Crippen LogP contribution in [0.25, 0.3) is 0 Å². The van der Waals surface area contributed by atoms with E-state index in [9.17, 15) is 13.2 Å². The second-order valence-electron chi connectivity index (χ2n) is 4.87. The van der Waals surface area contributed by atoms with Gasteiger partial charge in [-0.25, -0.2) is 0 Å². The van der Waals surface area contributed by atoms with E-state index in [2.05, 4.69) is 25.2 Å². The first-order valence-electron chi connectivity index (χ1n) is 6.30.